The first-order chi connectivity index (χ1) is 7.49. The molecule has 0 heterocycles. The van der Waals surface area contributed by atoms with Crippen molar-refractivity contribution < 1.29 is 14.7 Å². The lowest BCUT2D eigenvalue weighted by Gasteiger charge is -2.07. The number of nitrogens with one attached hydrogen (secondary N) is 2. The number of amides is 2. The first kappa shape index (κ1) is 12.3. The van der Waals surface area contributed by atoms with Gasteiger partial charge in [-0.15, -0.1) is 0 Å². The average Bonchev–Trinajstić information content (AvgIpc) is 2.21. The molecular weight excluding hydrogens is 232 g/mol. The zero-order valence-corrected chi connectivity index (χ0v) is 9.34. The maximum atomic E-state index is 11.2. The highest BCUT2D eigenvalue weighted by Gasteiger charge is 2.04. The SMILES string of the molecule is Cc1ccc(NC(=O)NCC(=O)O)cc1Cl. The van der Waals surface area contributed by atoms with E-state index in [0.717, 1.165) is 5.56 Å². The number of hydrogen-bond acceptors (Lipinski definition) is 2. The molecular formula is C10H11ClN2O3. The van der Waals surface area contributed by atoms with Gasteiger partial charge in [-0.05, 0) is 24.6 Å². The van der Waals surface area contributed by atoms with Crippen LogP contribution in [-0.2, 0) is 4.79 Å². The van der Waals surface area contributed by atoms with E-state index in [9.17, 15) is 9.59 Å². The molecule has 16 heavy (non-hydrogen) atoms. The highest BCUT2D eigenvalue weighted by atomic mass is 35.5. The Labute approximate surface area is 97.4 Å². The number of aryl methyl sites for hydroxylation is 1. The van der Waals surface area contributed by atoms with Crippen molar-refractivity contribution in [3.8, 4) is 0 Å². The Hall–Kier alpha value is -1.75. The zero-order chi connectivity index (χ0) is 12.1. The van der Waals surface area contributed by atoms with Gasteiger partial charge >= 0.3 is 12.0 Å². The fraction of sp³-hybridized carbons (Fsp3) is 0.200. The molecule has 2 amide bonds. The topological polar surface area (TPSA) is 78.4 Å². The molecule has 1 aromatic rings. The Morgan fingerprint density at radius 3 is 2.69 bits per heavy atom. The molecule has 0 unspecified atom stereocenters. The van der Waals surface area contributed by atoms with Crippen LogP contribution in [0.25, 0.3) is 0 Å². The van der Waals surface area contributed by atoms with Crippen LogP contribution in [0.2, 0.25) is 5.02 Å². The van der Waals surface area contributed by atoms with Crippen molar-refractivity contribution in [3.05, 3.63) is 28.8 Å². The quantitative estimate of drug-likeness (QED) is 0.757. The van der Waals surface area contributed by atoms with Gasteiger partial charge < -0.3 is 15.7 Å². The van der Waals surface area contributed by atoms with E-state index >= 15 is 0 Å². The molecule has 1 rings (SSSR count). The number of rotatable bonds is 3. The van der Waals surface area contributed by atoms with Crippen LogP contribution in [0.3, 0.4) is 0 Å². The third-order valence-electron chi connectivity index (χ3n) is 1.83. The third-order valence-corrected chi connectivity index (χ3v) is 2.24. The number of anilines is 1. The number of hydrogen-bond donors (Lipinski definition) is 3. The highest BCUT2D eigenvalue weighted by Crippen LogP contribution is 2.19. The summed E-state index contributed by atoms with van der Waals surface area (Å²) in [6.45, 7) is 1.42. The Morgan fingerprint density at radius 2 is 2.12 bits per heavy atom. The van der Waals surface area contributed by atoms with E-state index in [0.29, 0.717) is 10.7 Å². The molecule has 0 fully saturated rings. The Morgan fingerprint density at radius 1 is 1.44 bits per heavy atom. The van der Waals surface area contributed by atoms with Crippen LogP contribution in [0, 0.1) is 6.92 Å². The Kier molecular flexibility index (Phi) is 4.13. The van der Waals surface area contributed by atoms with Crippen molar-refractivity contribution in [2.24, 2.45) is 0 Å². The smallest absolute Gasteiger partial charge is 0.323 e. The maximum Gasteiger partial charge on any atom is 0.323 e. The molecule has 0 bridgehead atoms. The molecule has 5 nitrogen and oxygen atoms in total. The summed E-state index contributed by atoms with van der Waals surface area (Å²) >= 11 is 5.86. The molecule has 0 aromatic heterocycles. The van der Waals surface area contributed by atoms with E-state index < -0.39 is 18.5 Å². The van der Waals surface area contributed by atoms with E-state index in [2.05, 4.69) is 10.6 Å². The Bertz CT molecular complexity index is 421. The molecule has 0 aliphatic heterocycles. The number of carboxylic acids is 1. The summed E-state index contributed by atoms with van der Waals surface area (Å²) in [5, 5.41) is 13.5. The van der Waals surface area contributed by atoms with Crippen LogP contribution < -0.4 is 10.6 Å². The van der Waals surface area contributed by atoms with Crippen molar-refractivity contribution in [1.82, 2.24) is 5.32 Å². The van der Waals surface area contributed by atoms with Crippen LogP contribution in [-0.4, -0.2) is 23.7 Å². The summed E-state index contributed by atoms with van der Waals surface area (Å²) in [7, 11) is 0. The number of benzene rings is 1. The zero-order valence-electron chi connectivity index (χ0n) is 8.58. The van der Waals surface area contributed by atoms with Crippen LogP contribution in [0.4, 0.5) is 10.5 Å². The summed E-state index contributed by atoms with van der Waals surface area (Å²) in [5.41, 5.74) is 1.41. The van der Waals surface area contributed by atoms with Gasteiger partial charge in [0.1, 0.15) is 6.54 Å². The van der Waals surface area contributed by atoms with Gasteiger partial charge in [-0.25, -0.2) is 4.79 Å². The molecule has 0 atom stereocenters. The number of carbonyl (C=O) groups excluding carboxylic acids is 1. The molecule has 0 saturated carbocycles. The van der Waals surface area contributed by atoms with Crippen LogP contribution in [0.5, 0.6) is 0 Å². The molecule has 1 aromatic carbocycles. The van der Waals surface area contributed by atoms with Crippen LogP contribution in [0.15, 0.2) is 18.2 Å². The summed E-state index contributed by atoms with van der Waals surface area (Å²) < 4.78 is 0. The van der Waals surface area contributed by atoms with Gasteiger partial charge in [-0.1, -0.05) is 17.7 Å². The van der Waals surface area contributed by atoms with Gasteiger partial charge in [0.2, 0.25) is 0 Å². The first-order valence-corrected chi connectivity index (χ1v) is 4.89. The predicted molar refractivity (Wildman–Crippen MR) is 60.8 cm³/mol. The number of carboxylic acid groups (broad SMARTS) is 1. The number of carbonyl (C=O) groups is 2. The molecule has 0 saturated heterocycles. The molecule has 3 N–H and O–H groups in total. The second-order valence-electron chi connectivity index (χ2n) is 3.17. The monoisotopic (exact) mass is 242 g/mol. The van der Waals surface area contributed by atoms with Gasteiger partial charge in [-0.3, -0.25) is 4.79 Å². The van der Waals surface area contributed by atoms with E-state index in [1.807, 2.05) is 6.92 Å². The van der Waals surface area contributed by atoms with Gasteiger partial charge in [-0.2, -0.15) is 0 Å². The lowest BCUT2D eigenvalue weighted by Crippen LogP contribution is -2.33. The van der Waals surface area contributed by atoms with E-state index in [4.69, 9.17) is 16.7 Å². The van der Waals surface area contributed by atoms with E-state index in [-0.39, 0.29) is 0 Å². The predicted octanol–water partition coefficient (Wildman–Crippen LogP) is 1.85. The molecule has 0 aliphatic rings. The minimum atomic E-state index is -1.10. The van der Waals surface area contributed by atoms with Crippen molar-refractivity contribution in [1.29, 1.82) is 0 Å². The summed E-state index contributed by atoms with van der Waals surface area (Å²) in [4.78, 5) is 21.4. The molecule has 6 heteroatoms. The second-order valence-corrected chi connectivity index (χ2v) is 3.57. The number of halogens is 1. The van der Waals surface area contributed by atoms with Crippen molar-refractivity contribution >= 4 is 29.3 Å². The van der Waals surface area contributed by atoms with Gasteiger partial charge in [0.25, 0.3) is 0 Å². The van der Waals surface area contributed by atoms with Crippen molar-refractivity contribution in [2.75, 3.05) is 11.9 Å². The lowest BCUT2D eigenvalue weighted by atomic mass is 10.2. The number of aliphatic carboxylic acids is 1. The highest BCUT2D eigenvalue weighted by molar-refractivity contribution is 6.31. The summed E-state index contributed by atoms with van der Waals surface area (Å²) in [5.74, 6) is -1.10. The molecule has 0 aliphatic carbocycles. The maximum absolute atomic E-state index is 11.2. The standard InChI is InChI=1S/C10H11ClN2O3/c1-6-2-3-7(4-8(6)11)13-10(16)12-5-9(14)15/h2-4H,5H2,1H3,(H,14,15)(H2,12,13,16). The minimum absolute atomic E-state index is 0.425. The van der Waals surface area contributed by atoms with Crippen molar-refractivity contribution in [2.45, 2.75) is 6.92 Å². The summed E-state index contributed by atoms with van der Waals surface area (Å²) in [6, 6.07) is 4.45. The molecule has 0 spiro atoms. The van der Waals surface area contributed by atoms with Gasteiger partial charge in [0.05, 0.1) is 0 Å². The number of urea groups is 1. The third kappa shape index (κ3) is 3.78. The van der Waals surface area contributed by atoms with Crippen LogP contribution >= 0.6 is 11.6 Å². The van der Waals surface area contributed by atoms with Crippen molar-refractivity contribution in [3.63, 3.8) is 0 Å². The summed E-state index contributed by atoms with van der Waals surface area (Å²) in [6.07, 6.45) is 0. The fourth-order valence-electron chi connectivity index (χ4n) is 1.00. The lowest BCUT2D eigenvalue weighted by molar-refractivity contribution is -0.135. The van der Waals surface area contributed by atoms with E-state index in [1.54, 1.807) is 18.2 Å². The van der Waals surface area contributed by atoms with Crippen LogP contribution in [0.1, 0.15) is 5.56 Å². The normalized spacial score (nSPS) is 9.62. The van der Waals surface area contributed by atoms with E-state index in [1.165, 1.54) is 0 Å². The largest absolute Gasteiger partial charge is 0.480 e. The second kappa shape index (κ2) is 5.37. The Balaban J connectivity index is 2.56. The van der Waals surface area contributed by atoms with Gasteiger partial charge in [0.15, 0.2) is 0 Å². The first-order valence-electron chi connectivity index (χ1n) is 4.52. The fourth-order valence-corrected chi connectivity index (χ4v) is 1.18. The minimum Gasteiger partial charge on any atom is -0.480 e. The van der Waals surface area contributed by atoms with Gasteiger partial charge in [0, 0.05) is 10.7 Å². The molecule has 0 radical (unpaired) electrons. The molecule has 86 valence electrons. The average molecular weight is 243 g/mol.